The first-order valence-corrected chi connectivity index (χ1v) is 8.39. The Morgan fingerprint density at radius 3 is 2.30 bits per heavy atom. The van der Waals surface area contributed by atoms with Crippen LogP contribution in [0.4, 0.5) is 0 Å². The van der Waals surface area contributed by atoms with E-state index in [-0.39, 0.29) is 24.4 Å². The maximum absolute atomic E-state index is 12.8. The minimum absolute atomic E-state index is 0.0956. The Balaban J connectivity index is 2.04. The fourth-order valence-electron chi connectivity index (χ4n) is 2.73. The minimum atomic E-state index is -0.580. The molecular formula is C20H18N2O5. The van der Waals surface area contributed by atoms with Crippen molar-refractivity contribution in [2.75, 3.05) is 13.7 Å². The number of carbonyl (C=O) groups is 2. The summed E-state index contributed by atoms with van der Waals surface area (Å²) in [6, 6.07) is 13.4. The van der Waals surface area contributed by atoms with Gasteiger partial charge in [-0.2, -0.15) is 5.10 Å². The van der Waals surface area contributed by atoms with Gasteiger partial charge in [0.15, 0.2) is 5.69 Å². The number of hydrogen-bond acceptors (Lipinski definition) is 6. The first-order chi connectivity index (χ1) is 13.0. The maximum Gasteiger partial charge on any atom is 0.359 e. The van der Waals surface area contributed by atoms with Gasteiger partial charge in [0.1, 0.15) is 0 Å². The van der Waals surface area contributed by atoms with Crippen LogP contribution in [0.5, 0.6) is 0 Å². The molecule has 0 aliphatic rings. The molecule has 0 aliphatic heterocycles. The highest BCUT2D eigenvalue weighted by molar-refractivity contribution is 6.02. The molecule has 1 aromatic heterocycles. The molecule has 7 nitrogen and oxygen atoms in total. The Morgan fingerprint density at radius 1 is 1.00 bits per heavy atom. The quantitative estimate of drug-likeness (QED) is 0.645. The Hall–Kier alpha value is -3.48. The van der Waals surface area contributed by atoms with Crippen LogP contribution in [0.15, 0.2) is 53.3 Å². The van der Waals surface area contributed by atoms with Crippen molar-refractivity contribution in [3.63, 3.8) is 0 Å². The number of hydrogen-bond donors (Lipinski definition) is 0. The zero-order chi connectivity index (χ0) is 19.4. The van der Waals surface area contributed by atoms with Gasteiger partial charge in [-0.3, -0.25) is 4.79 Å². The van der Waals surface area contributed by atoms with E-state index in [0.717, 1.165) is 5.56 Å². The maximum atomic E-state index is 12.8. The number of benzene rings is 2. The second-order valence-corrected chi connectivity index (χ2v) is 5.77. The average molecular weight is 366 g/mol. The molecule has 138 valence electrons. The third-order valence-electron chi connectivity index (χ3n) is 4.04. The van der Waals surface area contributed by atoms with Crippen molar-refractivity contribution in [2.24, 2.45) is 0 Å². The van der Waals surface area contributed by atoms with Crippen LogP contribution in [0.2, 0.25) is 0 Å². The van der Waals surface area contributed by atoms with Gasteiger partial charge in [0, 0.05) is 5.39 Å². The van der Waals surface area contributed by atoms with Crippen molar-refractivity contribution in [3.05, 3.63) is 75.7 Å². The van der Waals surface area contributed by atoms with Crippen LogP contribution < -0.4 is 5.56 Å². The monoisotopic (exact) mass is 366 g/mol. The zero-order valence-corrected chi connectivity index (χ0v) is 15.0. The van der Waals surface area contributed by atoms with E-state index in [2.05, 4.69) is 9.84 Å². The molecule has 0 spiro atoms. The van der Waals surface area contributed by atoms with Gasteiger partial charge < -0.3 is 9.47 Å². The summed E-state index contributed by atoms with van der Waals surface area (Å²) in [6.45, 7) is 2.07. The summed E-state index contributed by atoms with van der Waals surface area (Å²) in [4.78, 5) is 36.6. The summed E-state index contributed by atoms with van der Waals surface area (Å²) in [5, 5.41) is 5.07. The number of carbonyl (C=O) groups excluding carboxylic acids is 2. The number of ether oxygens (including phenoxy) is 2. The molecule has 27 heavy (non-hydrogen) atoms. The van der Waals surface area contributed by atoms with Gasteiger partial charge in [0.25, 0.3) is 5.56 Å². The van der Waals surface area contributed by atoms with Crippen LogP contribution in [0.3, 0.4) is 0 Å². The third-order valence-corrected chi connectivity index (χ3v) is 4.04. The predicted molar refractivity (Wildman–Crippen MR) is 98.8 cm³/mol. The van der Waals surface area contributed by atoms with E-state index < -0.39 is 11.9 Å². The van der Waals surface area contributed by atoms with Crippen LogP contribution in [0.25, 0.3) is 10.8 Å². The van der Waals surface area contributed by atoms with E-state index in [0.29, 0.717) is 16.3 Å². The van der Waals surface area contributed by atoms with Gasteiger partial charge in [0.05, 0.1) is 31.2 Å². The summed E-state index contributed by atoms with van der Waals surface area (Å²) in [5.74, 6) is -1.02. The first kappa shape index (κ1) is 18.3. The molecule has 0 unspecified atom stereocenters. The topological polar surface area (TPSA) is 87.5 Å². The lowest BCUT2D eigenvalue weighted by molar-refractivity contribution is 0.0518. The normalized spacial score (nSPS) is 10.6. The molecule has 0 saturated heterocycles. The van der Waals surface area contributed by atoms with Gasteiger partial charge in [-0.25, -0.2) is 14.3 Å². The van der Waals surface area contributed by atoms with Crippen LogP contribution in [0.1, 0.15) is 33.3 Å². The molecule has 0 fully saturated rings. The molecule has 0 aliphatic carbocycles. The van der Waals surface area contributed by atoms with Crippen molar-refractivity contribution >= 4 is 22.7 Å². The first-order valence-electron chi connectivity index (χ1n) is 8.39. The summed E-state index contributed by atoms with van der Waals surface area (Å²) in [7, 11) is 1.31. The Labute approximate surface area is 155 Å². The van der Waals surface area contributed by atoms with Crippen molar-refractivity contribution in [1.29, 1.82) is 0 Å². The highest BCUT2D eigenvalue weighted by atomic mass is 16.5. The molecule has 0 radical (unpaired) electrons. The Bertz CT molecular complexity index is 1050. The van der Waals surface area contributed by atoms with Gasteiger partial charge in [-0.05, 0) is 30.7 Å². The molecule has 3 aromatic rings. The fraction of sp³-hybridized carbons (Fsp3) is 0.200. The van der Waals surface area contributed by atoms with E-state index in [1.165, 1.54) is 11.8 Å². The van der Waals surface area contributed by atoms with E-state index in [1.807, 2.05) is 0 Å². The van der Waals surface area contributed by atoms with Gasteiger partial charge >= 0.3 is 11.9 Å². The highest BCUT2D eigenvalue weighted by Crippen LogP contribution is 2.15. The molecule has 0 atom stereocenters. The van der Waals surface area contributed by atoms with E-state index in [1.54, 1.807) is 55.5 Å². The van der Waals surface area contributed by atoms with E-state index >= 15 is 0 Å². The summed E-state index contributed by atoms with van der Waals surface area (Å²) >= 11 is 0. The lowest BCUT2D eigenvalue weighted by Crippen LogP contribution is -2.27. The van der Waals surface area contributed by atoms with Crippen molar-refractivity contribution in [3.8, 4) is 0 Å². The van der Waals surface area contributed by atoms with Crippen LogP contribution >= 0.6 is 0 Å². The largest absolute Gasteiger partial charge is 0.465 e. The predicted octanol–water partition coefficient (Wildman–Crippen LogP) is 2.41. The van der Waals surface area contributed by atoms with Crippen molar-refractivity contribution in [1.82, 2.24) is 9.78 Å². The number of aromatic nitrogens is 2. The van der Waals surface area contributed by atoms with Crippen LogP contribution in [0, 0.1) is 0 Å². The van der Waals surface area contributed by atoms with Crippen molar-refractivity contribution < 1.29 is 19.1 Å². The van der Waals surface area contributed by atoms with Gasteiger partial charge in [0.2, 0.25) is 0 Å². The Morgan fingerprint density at radius 2 is 1.67 bits per heavy atom. The highest BCUT2D eigenvalue weighted by Gasteiger charge is 2.17. The minimum Gasteiger partial charge on any atom is -0.465 e. The lowest BCUT2D eigenvalue weighted by Gasteiger charge is -2.11. The summed E-state index contributed by atoms with van der Waals surface area (Å²) < 4.78 is 11.0. The molecule has 1 heterocycles. The zero-order valence-electron chi connectivity index (χ0n) is 15.0. The molecule has 2 aromatic carbocycles. The number of methoxy groups -OCH3 is 1. The number of nitrogens with zero attached hydrogens (tertiary/aromatic N) is 2. The van der Waals surface area contributed by atoms with Crippen LogP contribution in [-0.2, 0) is 16.0 Å². The molecule has 0 N–H and O–H groups in total. The van der Waals surface area contributed by atoms with Crippen LogP contribution in [-0.4, -0.2) is 35.4 Å². The smallest absolute Gasteiger partial charge is 0.359 e. The fourth-order valence-corrected chi connectivity index (χ4v) is 2.73. The SMILES string of the molecule is CCOC(=O)c1nn(Cc2ccc(C(=O)OC)cc2)c(=O)c2ccccc12. The summed E-state index contributed by atoms with van der Waals surface area (Å²) in [6.07, 6.45) is 0. The van der Waals surface area contributed by atoms with Crippen molar-refractivity contribution in [2.45, 2.75) is 13.5 Å². The standard InChI is InChI=1S/C20H18N2O5/c1-3-27-20(25)17-15-6-4-5-7-16(15)18(23)22(21-17)12-13-8-10-14(11-9-13)19(24)26-2/h4-11H,3,12H2,1-2H3. The lowest BCUT2D eigenvalue weighted by atomic mass is 10.1. The molecule has 3 rings (SSSR count). The molecular weight excluding hydrogens is 348 g/mol. The number of fused-ring (bicyclic) bond motifs is 1. The Kier molecular flexibility index (Phi) is 5.30. The second kappa shape index (κ2) is 7.82. The molecule has 0 saturated carbocycles. The van der Waals surface area contributed by atoms with E-state index in [9.17, 15) is 14.4 Å². The third kappa shape index (κ3) is 3.72. The van der Waals surface area contributed by atoms with Gasteiger partial charge in [-0.1, -0.05) is 30.3 Å². The van der Waals surface area contributed by atoms with Gasteiger partial charge in [-0.15, -0.1) is 0 Å². The molecule has 7 heteroatoms. The second-order valence-electron chi connectivity index (χ2n) is 5.77. The average Bonchev–Trinajstić information content (AvgIpc) is 2.70. The number of esters is 2. The summed E-state index contributed by atoms with van der Waals surface area (Å²) in [5.41, 5.74) is 0.948. The molecule has 0 amide bonds. The van der Waals surface area contributed by atoms with E-state index in [4.69, 9.17) is 4.74 Å². The number of rotatable bonds is 5. The molecule has 0 bridgehead atoms.